The number of hydrogen-bond donors (Lipinski definition) is 1. The van der Waals surface area contributed by atoms with Gasteiger partial charge in [-0.15, -0.1) is 10.2 Å². The Kier molecular flexibility index (Phi) is 2.61. The van der Waals surface area contributed by atoms with Crippen LogP contribution >= 0.6 is 0 Å². The van der Waals surface area contributed by atoms with Crippen LogP contribution in [0.5, 0.6) is 0 Å². The molecule has 2 aromatic carbocycles. The fraction of sp³-hybridized carbons (Fsp3) is 0.0714. The van der Waals surface area contributed by atoms with Crippen LogP contribution in [-0.2, 0) is 6.42 Å². The smallest absolute Gasteiger partial charge is 0.156 e. The van der Waals surface area contributed by atoms with Gasteiger partial charge in [-0.1, -0.05) is 24.3 Å². The van der Waals surface area contributed by atoms with Crippen LogP contribution in [0.4, 0.5) is 5.69 Å². The van der Waals surface area contributed by atoms with Crippen molar-refractivity contribution in [3.63, 3.8) is 0 Å². The zero-order chi connectivity index (χ0) is 12.4. The molecule has 0 radical (unpaired) electrons. The van der Waals surface area contributed by atoms with Gasteiger partial charge in [0.05, 0.1) is 5.52 Å². The lowest BCUT2D eigenvalue weighted by Crippen LogP contribution is -2.00. The molecule has 0 aliphatic rings. The molecule has 0 spiro atoms. The van der Waals surface area contributed by atoms with Gasteiger partial charge in [-0.2, -0.15) is 0 Å². The van der Waals surface area contributed by atoms with Gasteiger partial charge in [0.15, 0.2) is 5.82 Å². The third-order valence-corrected chi connectivity index (χ3v) is 2.72. The summed E-state index contributed by atoms with van der Waals surface area (Å²) < 4.78 is 0. The molecule has 0 bridgehead atoms. The number of fused-ring (bicyclic) bond motifs is 1. The number of anilines is 1. The Labute approximate surface area is 105 Å². The molecule has 1 aromatic heterocycles. The molecule has 88 valence electrons. The van der Waals surface area contributed by atoms with Crippen LogP contribution in [-0.4, -0.2) is 15.2 Å². The van der Waals surface area contributed by atoms with Gasteiger partial charge in [0.2, 0.25) is 0 Å². The van der Waals surface area contributed by atoms with E-state index in [9.17, 15) is 0 Å². The summed E-state index contributed by atoms with van der Waals surface area (Å²) >= 11 is 0. The number of nitrogens with zero attached hydrogens (tertiary/aromatic N) is 3. The molecule has 4 nitrogen and oxygen atoms in total. The molecule has 0 amide bonds. The van der Waals surface area contributed by atoms with Gasteiger partial charge in [0.25, 0.3) is 0 Å². The van der Waals surface area contributed by atoms with E-state index in [4.69, 9.17) is 5.73 Å². The van der Waals surface area contributed by atoms with Crippen molar-refractivity contribution >= 4 is 16.7 Å². The number of para-hydroxylation sites is 1. The molecule has 0 aliphatic heterocycles. The normalized spacial score (nSPS) is 10.7. The van der Waals surface area contributed by atoms with Crippen LogP contribution in [0.15, 0.2) is 48.5 Å². The molecule has 4 heteroatoms. The van der Waals surface area contributed by atoms with Crippen LogP contribution in [0.3, 0.4) is 0 Å². The second-order valence-corrected chi connectivity index (χ2v) is 4.14. The average Bonchev–Trinajstić information content (AvgIpc) is 2.39. The van der Waals surface area contributed by atoms with Crippen molar-refractivity contribution < 1.29 is 0 Å². The fourth-order valence-corrected chi connectivity index (χ4v) is 1.88. The first-order valence-corrected chi connectivity index (χ1v) is 5.74. The Morgan fingerprint density at radius 3 is 2.56 bits per heavy atom. The van der Waals surface area contributed by atoms with E-state index in [1.165, 1.54) is 0 Å². The Balaban J connectivity index is 1.95. The van der Waals surface area contributed by atoms with Crippen molar-refractivity contribution in [1.82, 2.24) is 15.2 Å². The topological polar surface area (TPSA) is 64.7 Å². The molecular formula is C14H12N4. The van der Waals surface area contributed by atoms with Crippen LogP contribution in [0.1, 0.15) is 11.4 Å². The molecule has 1 heterocycles. The standard InChI is InChI=1S/C14H12N4/c15-11-5-3-4-10(8-11)9-14-16-12-6-1-2-7-13(12)17-18-14/h1-8H,9,15H2. The highest BCUT2D eigenvalue weighted by atomic mass is 15.1. The molecule has 0 aliphatic carbocycles. The summed E-state index contributed by atoms with van der Waals surface area (Å²) in [5.74, 6) is 0.708. The highest BCUT2D eigenvalue weighted by Crippen LogP contribution is 2.12. The van der Waals surface area contributed by atoms with Crippen molar-refractivity contribution in [3.8, 4) is 0 Å². The Morgan fingerprint density at radius 2 is 1.72 bits per heavy atom. The summed E-state index contributed by atoms with van der Waals surface area (Å²) in [5.41, 5.74) is 9.27. The van der Waals surface area contributed by atoms with Crippen molar-refractivity contribution in [2.75, 3.05) is 5.73 Å². The maximum Gasteiger partial charge on any atom is 0.156 e. The molecule has 0 unspecified atom stereocenters. The van der Waals surface area contributed by atoms with E-state index < -0.39 is 0 Å². The molecule has 2 N–H and O–H groups in total. The minimum atomic E-state index is 0.642. The summed E-state index contributed by atoms with van der Waals surface area (Å²) in [7, 11) is 0. The van der Waals surface area contributed by atoms with Gasteiger partial charge in [0, 0.05) is 12.1 Å². The minimum Gasteiger partial charge on any atom is -0.399 e. The minimum absolute atomic E-state index is 0.642. The number of nitrogen functional groups attached to an aromatic ring is 1. The molecular weight excluding hydrogens is 224 g/mol. The quantitative estimate of drug-likeness (QED) is 0.693. The van der Waals surface area contributed by atoms with Crippen molar-refractivity contribution in [3.05, 3.63) is 59.9 Å². The van der Waals surface area contributed by atoms with Crippen molar-refractivity contribution in [2.24, 2.45) is 0 Å². The molecule has 3 rings (SSSR count). The highest BCUT2D eigenvalue weighted by Gasteiger charge is 2.02. The predicted octanol–water partition coefficient (Wildman–Crippen LogP) is 2.20. The summed E-state index contributed by atoms with van der Waals surface area (Å²) in [5, 5.41) is 8.29. The van der Waals surface area contributed by atoms with Crippen LogP contribution in [0, 0.1) is 0 Å². The second kappa shape index (κ2) is 4.41. The van der Waals surface area contributed by atoms with E-state index in [2.05, 4.69) is 15.2 Å². The molecule has 18 heavy (non-hydrogen) atoms. The maximum absolute atomic E-state index is 5.75. The number of rotatable bonds is 2. The van der Waals surface area contributed by atoms with Gasteiger partial charge in [-0.3, -0.25) is 0 Å². The van der Waals surface area contributed by atoms with E-state index in [0.717, 1.165) is 22.3 Å². The van der Waals surface area contributed by atoms with E-state index in [0.29, 0.717) is 12.2 Å². The zero-order valence-electron chi connectivity index (χ0n) is 9.74. The molecule has 0 atom stereocenters. The van der Waals surface area contributed by atoms with Crippen LogP contribution in [0.2, 0.25) is 0 Å². The molecule has 0 saturated heterocycles. The summed E-state index contributed by atoms with van der Waals surface area (Å²) in [6.45, 7) is 0. The van der Waals surface area contributed by atoms with E-state index in [-0.39, 0.29) is 0 Å². The highest BCUT2D eigenvalue weighted by molar-refractivity contribution is 5.72. The Hall–Kier alpha value is -2.49. The number of hydrogen-bond acceptors (Lipinski definition) is 4. The van der Waals surface area contributed by atoms with Crippen molar-refractivity contribution in [1.29, 1.82) is 0 Å². The molecule has 3 aromatic rings. The first kappa shape index (κ1) is 10.7. The van der Waals surface area contributed by atoms with Crippen LogP contribution < -0.4 is 5.73 Å². The zero-order valence-corrected chi connectivity index (χ0v) is 9.74. The Bertz CT molecular complexity index is 694. The van der Waals surface area contributed by atoms with Gasteiger partial charge in [-0.25, -0.2) is 4.98 Å². The van der Waals surface area contributed by atoms with Crippen LogP contribution in [0.25, 0.3) is 11.0 Å². The van der Waals surface area contributed by atoms with Gasteiger partial charge in [-0.05, 0) is 29.8 Å². The molecule has 0 fully saturated rings. The monoisotopic (exact) mass is 236 g/mol. The predicted molar refractivity (Wildman–Crippen MR) is 71.0 cm³/mol. The third kappa shape index (κ3) is 2.13. The second-order valence-electron chi connectivity index (χ2n) is 4.14. The van der Waals surface area contributed by atoms with Gasteiger partial charge < -0.3 is 5.73 Å². The van der Waals surface area contributed by atoms with Gasteiger partial charge >= 0.3 is 0 Å². The molecule has 0 saturated carbocycles. The largest absolute Gasteiger partial charge is 0.399 e. The van der Waals surface area contributed by atoms with Gasteiger partial charge in [0.1, 0.15) is 5.52 Å². The number of aromatic nitrogens is 3. The lowest BCUT2D eigenvalue weighted by Gasteiger charge is -2.02. The average molecular weight is 236 g/mol. The lowest BCUT2D eigenvalue weighted by molar-refractivity contribution is 0.900. The number of benzene rings is 2. The fourth-order valence-electron chi connectivity index (χ4n) is 1.88. The van der Waals surface area contributed by atoms with Crippen molar-refractivity contribution in [2.45, 2.75) is 6.42 Å². The Morgan fingerprint density at radius 1 is 0.889 bits per heavy atom. The number of nitrogens with two attached hydrogens (primary N) is 1. The third-order valence-electron chi connectivity index (χ3n) is 2.72. The van der Waals surface area contributed by atoms with E-state index >= 15 is 0 Å². The van der Waals surface area contributed by atoms with E-state index in [1.54, 1.807) is 0 Å². The first-order valence-electron chi connectivity index (χ1n) is 5.74. The summed E-state index contributed by atoms with van der Waals surface area (Å²) in [6.07, 6.45) is 0.642. The first-order chi connectivity index (χ1) is 8.81. The lowest BCUT2D eigenvalue weighted by atomic mass is 10.1. The summed E-state index contributed by atoms with van der Waals surface area (Å²) in [4.78, 5) is 4.49. The van der Waals surface area contributed by atoms with E-state index in [1.807, 2.05) is 48.5 Å². The summed E-state index contributed by atoms with van der Waals surface area (Å²) in [6, 6.07) is 15.4. The maximum atomic E-state index is 5.75. The SMILES string of the molecule is Nc1cccc(Cc2nnc3ccccc3n2)c1.